The number of hydrogen-bond donors (Lipinski definition) is 0. The van der Waals surface area contributed by atoms with E-state index in [1.807, 2.05) is 69.0 Å². The van der Waals surface area contributed by atoms with Gasteiger partial charge in [0.05, 0.1) is 0 Å². The van der Waals surface area contributed by atoms with Gasteiger partial charge in [-0.3, -0.25) is 9.59 Å². The monoisotopic (exact) mass is 339 g/mol. The van der Waals surface area contributed by atoms with Gasteiger partial charge in [-0.1, -0.05) is 36.4 Å². The quantitative estimate of drug-likeness (QED) is 0.711. The van der Waals surface area contributed by atoms with E-state index < -0.39 is 0 Å². The Bertz CT molecular complexity index is 695. The molecule has 4 nitrogen and oxygen atoms in total. The molecule has 0 saturated heterocycles. The van der Waals surface area contributed by atoms with Crippen LogP contribution in [0.15, 0.2) is 48.5 Å². The van der Waals surface area contributed by atoms with Crippen LogP contribution >= 0.6 is 0 Å². The topological polar surface area (TPSA) is 46.6 Å². The van der Waals surface area contributed by atoms with Crippen LogP contribution in [-0.4, -0.2) is 35.8 Å². The number of hydrogen-bond acceptors (Lipinski definition) is 3. The van der Waals surface area contributed by atoms with E-state index in [9.17, 15) is 9.59 Å². The molecule has 0 spiro atoms. The average molecular weight is 339 g/mol. The van der Waals surface area contributed by atoms with Gasteiger partial charge in [-0.2, -0.15) is 0 Å². The smallest absolute Gasteiger partial charge is 0.260 e. The largest absolute Gasteiger partial charge is 0.484 e. The van der Waals surface area contributed by atoms with E-state index >= 15 is 0 Å². The second-order valence-corrected chi connectivity index (χ2v) is 6.54. The van der Waals surface area contributed by atoms with Gasteiger partial charge < -0.3 is 9.64 Å². The normalized spacial score (nSPS) is 10.8. The van der Waals surface area contributed by atoms with Crippen molar-refractivity contribution >= 4 is 12.2 Å². The first-order valence-corrected chi connectivity index (χ1v) is 8.52. The number of aldehydes is 1. The molecule has 0 unspecified atom stereocenters. The molecule has 0 aliphatic heterocycles. The summed E-state index contributed by atoms with van der Waals surface area (Å²) in [6.07, 6.45) is 0.829. The lowest BCUT2D eigenvalue weighted by Gasteiger charge is -2.30. The molecule has 1 amide bonds. The molecule has 0 aromatic heterocycles. The average Bonchev–Trinajstić information content (AvgIpc) is 2.60. The summed E-state index contributed by atoms with van der Waals surface area (Å²) in [6.45, 7) is 8.04. The van der Waals surface area contributed by atoms with Crippen molar-refractivity contribution in [2.75, 3.05) is 6.61 Å². The SMILES string of the molecule is CC(C)N(C(=O)COc1ccc(-c2ccc(C=O)cc2)cc1)C(C)C. The maximum atomic E-state index is 12.3. The van der Waals surface area contributed by atoms with E-state index in [0.29, 0.717) is 11.3 Å². The molecule has 0 atom stereocenters. The molecule has 2 rings (SSSR count). The molecule has 2 aromatic carbocycles. The first-order valence-electron chi connectivity index (χ1n) is 8.52. The Hall–Kier alpha value is -2.62. The Labute approximate surface area is 149 Å². The van der Waals surface area contributed by atoms with Gasteiger partial charge in [-0.15, -0.1) is 0 Å². The second-order valence-electron chi connectivity index (χ2n) is 6.54. The fourth-order valence-corrected chi connectivity index (χ4v) is 2.89. The molecule has 0 N–H and O–H groups in total. The summed E-state index contributed by atoms with van der Waals surface area (Å²) in [5, 5.41) is 0. The Kier molecular flexibility index (Phi) is 6.34. The molecule has 25 heavy (non-hydrogen) atoms. The maximum Gasteiger partial charge on any atom is 0.260 e. The molecule has 0 aliphatic carbocycles. The Morgan fingerprint density at radius 2 is 1.40 bits per heavy atom. The Morgan fingerprint density at radius 3 is 1.84 bits per heavy atom. The Balaban J connectivity index is 2.00. The highest BCUT2D eigenvalue weighted by Crippen LogP contribution is 2.22. The summed E-state index contributed by atoms with van der Waals surface area (Å²) in [6, 6.07) is 15.3. The van der Waals surface area contributed by atoms with Crippen LogP contribution in [-0.2, 0) is 4.79 Å². The molecule has 0 heterocycles. The lowest BCUT2D eigenvalue weighted by Crippen LogP contribution is -2.44. The summed E-state index contributed by atoms with van der Waals surface area (Å²) in [5.41, 5.74) is 2.71. The highest BCUT2D eigenvalue weighted by Gasteiger charge is 2.20. The van der Waals surface area contributed by atoms with Crippen LogP contribution in [0, 0.1) is 0 Å². The minimum Gasteiger partial charge on any atom is -0.484 e. The fourth-order valence-electron chi connectivity index (χ4n) is 2.89. The second kappa shape index (κ2) is 8.47. The van der Waals surface area contributed by atoms with Gasteiger partial charge in [0, 0.05) is 17.6 Å². The lowest BCUT2D eigenvalue weighted by molar-refractivity contribution is -0.136. The summed E-state index contributed by atoms with van der Waals surface area (Å²) in [4.78, 5) is 24.9. The number of carbonyl (C=O) groups excluding carboxylic acids is 2. The van der Waals surface area contributed by atoms with Gasteiger partial charge in [0.25, 0.3) is 5.91 Å². The molecule has 0 fully saturated rings. The maximum absolute atomic E-state index is 12.3. The van der Waals surface area contributed by atoms with Gasteiger partial charge >= 0.3 is 0 Å². The number of nitrogens with zero attached hydrogens (tertiary/aromatic N) is 1. The zero-order valence-electron chi connectivity index (χ0n) is 15.2. The summed E-state index contributed by atoms with van der Waals surface area (Å²) < 4.78 is 5.64. The van der Waals surface area contributed by atoms with Gasteiger partial charge in [0.2, 0.25) is 0 Å². The predicted molar refractivity (Wildman–Crippen MR) is 99.9 cm³/mol. The van der Waals surface area contributed by atoms with Crippen LogP contribution in [0.4, 0.5) is 0 Å². The predicted octanol–water partition coefficient (Wildman–Crippen LogP) is 4.19. The van der Waals surface area contributed by atoms with Crippen LogP contribution in [0.3, 0.4) is 0 Å². The molecule has 4 heteroatoms. The Morgan fingerprint density at radius 1 is 0.920 bits per heavy atom. The van der Waals surface area contributed by atoms with Crippen molar-refractivity contribution in [3.8, 4) is 16.9 Å². The summed E-state index contributed by atoms with van der Waals surface area (Å²) in [5.74, 6) is 0.646. The van der Waals surface area contributed by atoms with Crippen molar-refractivity contribution in [1.82, 2.24) is 4.90 Å². The molecule has 0 aliphatic rings. The van der Waals surface area contributed by atoms with Crippen molar-refractivity contribution in [3.63, 3.8) is 0 Å². The van der Waals surface area contributed by atoms with Crippen molar-refractivity contribution in [2.45, 2.75) is 39.8 Å². The number of amides is 1. The minimum atomic E-state index is -0.0153. The third kappa shape index (κ3) is 4.92. The van der Waals surface area contributed by atoms with Crippen LogP contribution in [0.25, 0.3) is 11.1 Å². The van der Waals surface area contributed by atoms with Crippen LogP contribution in [0.1, 0.15) is 38.1 Å². The third-order valence-corrected chi connectivity index (χ3v) is 4.00. The van der Waals surface area contributed by atoms with Crippen molar-refractivity contribution < 1.29 is 14.3 Å². The molecular formula is C21H25NO3. The van der Waals surface area contributed by atoms with Crippen LogP contribution in [0.2, 0.25) is 0 Å². The highest BCUT2D eigenvalue weighted by molar-refractivity contribution is 5.78. The van der Waals surface area contributed by atoms with E-state index in [1.165, 1.54) is 0 Å². The van der Waals surface area contributed by atoms with E-state index in [1.54, 1.807) is 12.1 Å². The van der Waals surface area contributed by atoms with Crippen molar-refractivity contribution in [3.05, 3.63) is 54.1 Å². The molecule has 0 radical (unpaired) electrons. The lowest BCUT2D eigenvalue weighted by atomic mass is 10.0. The van der Waals surface area contributed by atoms with Crippen molar-refractivity contribution in [2.24, 2.45) is 0 Å². The van der Waals surface area contributed by atoms with E-state index in [2.05, 4.69) is 0 Å². The fraction of sp³-hybridized carbons (Fsp3) is 0.333. The molecule has 132 valence electrons. The minimum absolute atomic E-state index is 0.0153. The first-order chi connectivity index (χ1) is 11.9. The van der Waals surface area contributed by atoms with Gasteiger partial charge in [0.1, 0.15) is 12.0 Å². The molecule has 0 saturated carbocycles. The van der Waals surface area contributed by atoms with E-state index in [0.717, 1.165) is 17.4 Å². The van der Waals surface area contributed by atoms with Crippen LogP contribution < -0.4 is 4.74 Å². The van der Waals surface area contributed by atoms with Crippen molar-refractivity contribution in [1.29, 1.82) is 0 Å². The number of rotatable bonds is 7. The highest BCUT2D eigenvalue weighted by atomic mass is 16.5. The number of carbonyl (C=O) groups is 2. The van der Waals surface area contributed by atoms with Gasteiger partial charge in [-0.05, 0) is 51.0 Å². The van der Waals surface area contributed by atoms with E-state index in [-0.39, 0.29) is 24.6 Å². The van der Waals surface area contributed by atoms with Crippen LogP contribution in [0.5, 0.6) is 5.75 Å². The molecule has 0 bridgehead atoms. The van der Waals surface area contributed by atoms with Gasteiger partial charge in [0.15, 0.2) is 6.61 Å². The number of ether oxygens (including phenoxy) is 1. The zero-order valence-corrected chi connectivity index (χ0v) is 15.2. The first kappa shape index (κ1) is 18.7. The third-order valence-electron chi connectivity index (χ3n) is 4.00. The molecular weight excluding hydrogens is 314 g/mol. The summed E-state index contributed by atoms with van der Waals surface area (Å²) >= 11 is 0. The number of benzene rings is 2. The zero-order chi connectivity index (χ0) is 18.4. The summed E-state index contributed by atoms with van der Waals surface area (Å²) in [7, 11) is 0. The molecule has 2 aromatic rings. The van der Waals surface area contributed by atoms with Gasteiger partial charge in [-0.25, -0.2) is 0 Å². The standard InChI is InChI=1S/C21H25NO3/c1-15(2)22(16(3)4)21(24)14-25-20-11-9-19(10-12-20)18-7-5-17(13-23)6-8-18/h5-13,15-16H,14H2,1-4H3. The van der Waals surface area contributed by atoms with E-state index in [4.69, 9.17) is 4.74 Å².